The van der Waals surface area contributed by atoms with Crippen molar-refractivity contribution >= 4 is 11.3 Å². The van der Waals surface area contributed by atoms with Crippen molar-refractivity contribution in [3.63, 3.8) is 0 Å². The molecule has 0 aliphatic heterocycles. The lowest BCUT2D eigenvalue weighted by atomic mass is 9.88. The number of hydrogen-bond acceptors (Lipinski definition) is 5. The summed E-state index contributed by atoms with van der Waals surface area (Å²) < 4.78 is 5.93. The first-order valence-electron chi connectivity index (χ1n) is 7.42. The second-order valence-electron chi connectivity index (χ2n) is 5.40. The van der Waals surface area contributed by atoms with Gasteiger partial charge in [0.25, 0.3) is 0 Å². The van der Waals surface area contributed by atoms with E-state index in [2.05, 4.69) is 40.8 Å². The van der Waals surface area contributed by atoms with E-state index in [4.69, 9.17) is 4.42 Å². The first kappa shape index (κ1) is 13.8. The van der Waals surface area contributed by atoms with Gasteiger partial charge in [-0.1, -0.05) is 6.92 Å². The molecule has 5 heteroatoms. The minimum Gasteiger partial charge on any atom is -0.423 e. The Hall–Kier alpha value is -1.20. The van der Waals surface area contributed by atoms with E-state index in [1.54, 1.807) is 0 Å². The number of rotatable bonds is 5. The van der Waals surface area contributed by atoms with Crippen LogP contribution in [-0.2, 0) is 6.42 Å². The van der Waals surface area contributed by atoms with Gasteiger partial charge in [-0.05, 0) is 56.2 Å². The fourth-order valence-electron chi connectivity index (χ4n) is 2.75. The van der Waals surface area contributed by atoms with Gasteiger partial charge in [0.15, 0.2) is 0 Å². The summed E-state index contributed by atoms with van der Waals surface area (Å²) in [5.74, 6) is 1.78. The van der Waals surface area contributed by atoms with Crippen molar-refractivity contribution in [3.05, 3.63) is 33.7 Å². The third-order valence-electron chi connectivity index (χ3n) is 3.88. The molecule has 2 heterocycles. The molecule has 2 aromatic heterocycles. The van der Waals surface area contributed by atoms with Crippen molar-refractivity contribution in [2.75, 3.05) is 6.54 Å². The van der Waals surface area contributed by atoms with Gasteiger partial charge in [0.05, 0.1) is 12.0 Å². The van der Waals surface area contributed by atoms with Crippen molar-refractivity contribution in [2.45, 2.75) is 51.5 Å². The fraction of sp³-hybridized carbons (Fsp3) is 0.600. The average molecular weight is 291 g/mol. The van der Waals surface area contributed by atoms with Crippen LogP contribution in [0.1, 0.15) is 67.3 Å². The first-order chi connectivity index (χ1) is 9.79. The Bertz CT molecular complexity index is 563. The lowest BCUT2D eigenvalue weighted by Gasteiger charge is -2.19. The van der Waals surface area contributed by atoms with Crippen LogP contribution < -0.4 is 5.32 Å². The van der Waals surface area contributed by atoms with Gasteiger partial charge in [-0.25, -0.2) is 0 Å². The molecule has 2 unspecified atom stereocenters. The normalized spacial score (nSPS) is 19.8. The molecule has 1 aliphatic rings. The van der Waals surface area contributed by atoms with Gasteiger partial charge in [-0.3, -0.25) is 0 Å². The SMILES string of the molecule is CCCNC(C)c1nnc(C2CCCc3sccc32)o1. The van der Waals surface area contributed by atoms with Gasteiger partial charge in [0, 0.05) is 4.88 Å². The highest BCUT2D eigenvalue weighted by Crippen LogP contribution is 2.38. The molecule has 0 amide bonds. The summed E-state index contributed by atoms with van der Waals surface area (Å²) >= 11 is 1.85. The summed E-state index contributed by atoms with van der Waals surface area (Å²) in [7, 11) is 0. The van der Waals surface area contributed by atoms with Gasteiger partial charge in [0.1, 0.15) is 0 Å². The zero-order chi connectivity index (χ0) is 13.9. The van der Waals surface area contributed by atoms with Crippen molar-refractivity contribution < 1.29 is 4.42 Å². The summed E-state index contributed by atoms with van der Waals surface area (Å²) in [5, 5.41) is 14.1. The maximum atomic E-state index is 5.93. The number of hydrogen-bond donors (Lipinski definition) is 1. The van der Waals surface area contributed by atoms with E-state index in [-0.39, 0.29) is 6.04 Å². The number of nitrogens with zero attached hydrogens (tertiary/aromatic N) is 2. The Morgan fingerprint density at radius 3 is 3.25 bits per heavy atom. The van der Waals surface area contributed by atoms with Crippen LogP contribution in [0.4, 0.5) is 0 Å². The zero-order valence-electron chi connectivity index (χ0n) is 12.1. The van der Waals surface area contributed by atoms with E-state index < -0.39 is 0 Å². The Morgan fingerprint density at radius 2 is 2.40 bits per heavy atom. The molecule has 0 saturated heterocycles. The Labute approximate surface area is 123 Å². The molecule has 4 nitrogen and oxygen atoms in total. The third kappa shape index (κ3) is 2.65. The molecule has 0 spiro atoms. The predicted molar refractivity (Wildman–Crippen MR) is 80.1 cm³/mol. The number of thiophene rings is 1. The second-order valence-corrected chi connectivity index (χ2v) is 6.40. The predicted octanol–water partition coefficient (Wildman–Crippen LogP) is 3.66. The van der Waals surface area contributed by atoms with Crippen LogP contribution in [0.5, 0.6) is 0 Å². The van der Waals surface area contributed by atoms with E-state index >= 15 is 0 Å². The van der Waals surface area contributed by atoms with Gasteiger partial charge >= 0.3 is 0 Å². The molecule has 108 valence electrons. The van der Waals surface area contributed by atoms with Crippen molar-refractivity contribution in [1.82, 2.24) is 15.5 Å². The Morgan fingerprint density at radius 1 is 1.50 bits per heavy atom. The van der Waals surface area contributed by atoms with Gasteiger partial charge in [-0.15, -0.1) is 21.5 Å². The monoisotopic (exact) mass is 291 g/mol. The largest absolute Gasteiger partial charge is 0.423 e. The van der Waals surface area contributed by atoms with Crippen LogP contribution in [0, 0.1) is 0 Å². The fourth-order valence-corrected chi connectivity index (χ4v) is 3.74. The van der Waals surface area contributed by atoms with Crippen LogP contribution in [0.15, 0.2) is 15.9 Å². The number of fused-ring (bicyclic) bond motifs is 1. The second kappa shape index (κ2) is 6.06. The zero-order valence-corrected chi connectivity index (χ0v) is 12.9. The standard InChI is InChI=1S/C15H21N3OS/c1-3-8-16-10(2)14-17-18-15(19-14)12-5-4-6-13-11(12)7-9-20-13/h7,9-10,12,16H,3-6,8H2,1-2H3. The molecule has 20 heavy (non-hydrogen) atoms. The highest BCUT2D eigenvalue weighted by molar-refractivity contribution is 7.10. The van der Waals surface area contributed by atoms with Crippen LogP contribution in [0.25, 0.3) is 0 Å². The van der Waals surface area contributed by atoms with Crippen LogP contribution in [-0.4, -0.2) is 16.7 Å². The minimum atomic E-state index is 0.127. The Balaban J connectivity index is 1.78. The molecular formula is C15H21N3OS. The lowest BCUT2D eigenvalue weighted by molar-refractivity contribution is 0.375. The molecule has 2 atom stereocenters. The molecule has 0 bridgehead atoms. The highest BCUT2D eigenvalue weighted by Gasteiger charge is 2.27. The topological polar surface area (TPSA) is 51.0 Å². The average Bonchev–Trinajstić information content (AvgIpc) is 3.12. The van der Waals surface area contributed by atoms with Crippen molar-refractivity contribution in [3.8, 4) is 0 Å². The summed E-state index contributed by atoms with van der Waals surface area (Å²) in [5.41, 5.74) is 1.39. The highest BCUT2D eigenvalue weighted by atomic mass is 32.1. The first-order valence-corrected chi connectivity index (χ1v) is 8.30. The molecule has 0 saturated carbocycles. The lowest BCUT2D eigenvalue weighted by Crippen LogP contribution is -2.19. The third-order valence-corrected chi connectivity index (χ3v) is 4.87. The van der Waals surface area contributed by atoms with Crippen LogP contribution in [0.2, 0.25) is 0 Å². The maximum absolute atomic E-state index is 5.93. The molecule has 0 aromatic carbocycles. The quantitative estimate of drug-likeness (QED) is 0.913. The smallest absolute Gasteiger partial charge is 0.233 e. The number of nitrogens with one attached hydrogen (secondary N) is 1. The van der Waals surface area contributed by atoms with Gasteiger partial charge < -0.3 is 9.73 Å². The van der Waals surface area contributed by atoms with Crippen LogP contribution >= 0.6 is 11.3 Å². The number of aryl methyl sites for hydroxylation is 1. The molecule has 1 N–H and O–H groups in total. The van der Waals surface area contributed by atoms with Gasteiger partial charge in [-0.2, -0.15) is 0 Å². The summed E-state index contributed by atoms with van der Waals surface area (Å²) in [6.45, 7) is 5.19. The summed E-state index contributed by atoms with van der Waals surface area (Å²) in [6, 6.07) is 2.34. The maximum Gasteiger partial charge on any atom is 0.233 e. The minimum absolute atomic E-state index is 0.127. The van der Waals surface area contributed by atoms with E-state index in [0.717, 1.165) is 25.3 Å². The van der Waals surface area contributed by atoms with Crippen molar-refractivity contribution in [1.29, 1.82) is 0 Å². The molecule has 0 fully saturated rings. The molecular weight excluding hydrogens is 270 g/mol. The van der Waals surface area contributed by atoms with E-state index in [9.17, 15) is 0 Å². The van der Waals surface area contributed by atoms with E-state index in [1.165, 1.54) is 23.3 Å². The van der Waals surface area contributed by atoms with Crippen molar-refractivity contribution in [2.24, 2.45) is 0 Å². The molecule has 3 rings (SSSR count). The summed E-state index contributed by atoms with van der Waals surface area (Å²) in [6.07, 6.45) is 4.62. The van der Waals surface area contributed by atoms with E-state index in [0.29, 0.717) is 11.8 Å². The molecule has 1 aliphatic carbocycles. The molecule has 0 radical (unpaired) electrons. The number of aromatic nitrogens is 2. The molecule has 2 aromatic rings. The summed E-state index contributed by atoms with van der Waals surface area (Å²) in [4.78, 5) is 1.48. The van der Waals surface area contributed by atoms with Crippen LogP contribution in [0.3, 0.4) is 0 Å². The Kier molecular flexibility index (Phi) is 4.17. The van der Waals surface area contributed by atoms with Gasteiger partial charge in [0.2, 0.25) is 11.8 Å². The van der Waals surface area contributed by atoms with E-state index in [1.807, 2.05) is 11.3 Å².